The molecule has 2 heterocycles. The fraction of sp³-hybridized carbons (Fsp3) is 0.385. The maximum atomic E-state index is 6.15. The molecule has 0 radical (unpaired) electrons. The molecule has 0 atom stereocenters. The number of hydrogen-bond acceptors (Lipinski definition) is 4. The Morgan fingerprint density at radius 1 is 1.28 bits per heavy atom. The quantitative estimate of drug-likeness (QED) is 0.867. The Morgan fingerprint density at radius 2 is 2.00 bits per heavy atom. The average Bonchev–Trinajstić information content (AvgIpc) is 2.27. The van der Waals surface area contributed by atoms with Crippen molar-refractivity contribution in [2.75, 3.05) is 6.61 Å². The summed E-state index contributed by atoms with van der Waals surface area (Å²) in [6.07, 6.45) is 3.41. The number of fused-ring (bicyclic) bond motifs is 1. The second-order valence-corrected chi connectivity index (χ2v) is 5.07. The van der Waals surface area contributed by atoms with Gasteiger partial charge in [0.2, 0.25) is 5.88 Å². The molecule has 0 bridgehead atoms. The Hall–Kier alpha value is -1.39. The summed E-state index contributed by atoms with van der Waals surface area (Å²) in [6.45, 7) is 6.32. The van der Waals surface area contributed by atoms with Gasteiger partial charge in [0.1, 0.15) is 5.15 Å². The summed E-state index contributed by atoms with van der Waals surface area (Å²) in [6, 6.07) is 1.80. The number of hydrogen-bond donors (Lipinski definition) is 1. The van der Waals surface area contributed by atoms with Crippen molar-refractivity contribution in [2.45, 2.75) is 26.3 Å². The Morgan fingerprint density at radius 3 is 2.61 bits per heavy atom. The van der Waals surface area contributed by atoms with Crippen LogP contribution in [0.1, 0.15) is 26.3 Å². The summed E-state index contributed by atoms with van der Waals surface area (Å²) < 4.78 is 5.49. The molecule has 4 nitrogen and oxygen atoms in total. The van der Waals surface area contributed by atoms with E-state index in [1.165, 1.54) is 0 Å². The number of halogens is 1. The molecule has 2 aromatic heterocycles. The zero-order chi connectivity index (χ0) is 13.3. The van der Waals surface area contributed by atoms with E-state index in [1.807, 2.05) is 20.8 Å². The van der Waals surface area contributed by atoms with E-state index in [0.717, 1.165) is 16.3 Å². The molecule has 0 saturated heterocycles. The van der Waals surface area contributed by atoms with Crippen LogP contribution in [0, 0.1) is 0 Å². The van der Waals surface area contributed by atoms with E-state index in [1.54, 1.807) is 18.5 Å². The molecule has 2 aromatic rings. The third kappa shape index (κ3) is 2.40. The van der Waals surface area contributed by atoms with Crippen LogP contribution in [0.15, 0.2) is 18.5 Å². The second-order valence-electron chi connectivity index (χ2n) is 4.68. The molecular weight excluding hydrogens is 250 g/mol. The van der Waals surface area contributed by atoms with Crippen molar-refractivity contribution in [1.82, 2.24) is 9.97 Å². The van der Waals surface area contributed by atoms with Gasteiger partial charge in [-0.05, 0) is 37.8 Å². The van der Waals surface area contributed by atoms with Gasteiger partial charge in [0.05, 0.1) is 12.0 Å². The molecule has 0 aliphatic rings. The van der Waals surface area contributed by atoms with Crippen LogP contribution in [0.3, 0.4) is 0 Å². The van der Waals surface area contributed by atoms with Crippen LogP contribution in [0.2, 0.25) is 5.15 Å². The van der Waals surface area contributed by atoms with E-state index in [9.17, 15) is 0 Å². The number of nitrogens with zero attached hydrogens (tertiary/aromatic N) is 2. The van der Waals surface area contributed by atoms with Gasteiger partial charge in [0.15, 0.2) is 0 Å². The first kappa shape index (κ1) is 13.1. The van der Waals surface area contributed by atoms with Crippen LogP contribution in [0.4, 0.5) is 0 Å². The molecule has 0 saturated carbocycles. The molecule has 0 aliphatic carbocycles. The highest BCUT2D eigenvalue weighted by Gasteiger charge is 2.20. The molecule has 96 valence electrons. The first-order valence-electron chi connectivity index (χ1n) is 5.80. The van der Waals surface area contributed by atoms with Gasteiger partial charge in [-0.1, -0.05) is 11.6 Å². The van der Waals surface area contributed by atoms with Crippen molar-refractivity contribution in [1.29, 1.82) is 0 Å². The Kier molecular flexibility index (Phi) is 3.41. The van der Waals surface area contributed by atoms with Crippen LogP contribution in [0.25, 0.3) is 10.8 Å². The van der Waals surface area contributed by atoms with Gasteiger partial charge in [-0.25, -0.2) is 9.97 Å². The van der Waals surface area contributed by atoms with E-state index in [2.05, 4.69) is 9.97 Å². The lowest BCUT2D eigenvalue weighted by Crippen LogP contribution is -2.29. The number of rotatable bonds is 3. The Balaban J connectivity index is 2.76. The Bertz CT molecular complexity index is 578. The van der Waals surface area contributed by atoms with Crippen molar-refractivity contribution < 1.29 is 4.74 Å². The van der Waals surface area contributed by atoms with E-state index >= 15 is 0 Å². The van der Waals surface area contributed by atoms with E-state index in [-0.39, 0.29) is 0 Å². The first-order valence-corrected chi connectivity index (χ1v) is 6.17. The van der Waals surface area contributed by atoms with E-state index in [0.29, 0.717) is 17.6 Å². The third-order valence-electron chi connectivity index (χ3n) is 2.68. The zero-order valence-corrected chi connectivity index (χ0v) is 11.5. The normalized spacial score (nSPS) is 11.8. The SMILES string of the molecule is CCOc1ncc(C(C)(C)N)c2cc(Cl)ncc12. The predicted octanol–water partition coefficient (Wildman–Crippen LogP) is 2.88. The molecule has 0 unspecified atom stereocenters. The molecule has 5 heteroatoms. The van der Waals surface area contributed by atoms with E-state index < -0.39 is 5.54 Å². The lowest BCUT2D eigenvalue weighted by molar-refractivity contribution is 0.331. The molecule has 0 aromatic carbocycles. The molecule has 0 aliphatic heterocycles. The third-order valence-corrected chi connectivity index (χ3v) is 2.88. The summed E-state index contributed by atoms with van der Waals surface area (Å²) >= 11 is 5.96. The van der Waals surface area contributed by atoms with Crippen molar-refractivity contribution in [2.24, 2.45) is 5.73 Å². The summed E-state index contributed by atoms with van der Waals surface area (Å²) in [5, 5.41) is 2.19. The maximum Gasteiger partial charge on any atom is 0.222 e. The van der Waals surface area contributed by atoms with Crippen molar-refractivity contribution >= 4 is 22.4 Å². The lowest BCUT2D eigenvalue weighted by atomic mass is 9.93. The van der Waals surface area contributed by atoms with Crippen LogP contribution in [-0.2, 0) is 5.54 Å². The largest absolute Gasteiger partial charge is 0.477 e. The number of aromatic nitrogens is 2. The van der Waals surface area contributed by atoms with Crippen molar-refractivity contribution in [3.05, 3.63) is 29.2 Å². The topological polar surface area (TPSA) is 61.0 Å². The minimum atomic E-state index is -0.499. The van der Waals surface area contributed by atoms with Gasteiger partial charge >= 0.3 is 0 Å². The fourth-order valence-electron chi connectivity index (χ4n) is 1.85. The second kappa shape index (κ2) is 4.71. The first-order chi connectivity index (χ1) is 8.43. The van der Waals surface area contributed by atoms with Crippen LogP contribution in [-0.4, -0.2) is 16.6 Å². The molecule has 2 rings (SSSR count). The van der Waals surface area contributed by atoms with Crippen LogP contribution < -0.4 is 10.5 Å². The van der Waals surface area contributed by atoms with Crippen LogP contribution in [0.5, 0.6) is 5.88 Å². The van der Waals surface area contributed by atoms with Gasteiger partial charge in [-0.3, -0.25) is 0 Å². The molecular formula is C13H16ClN3O. The highest BCUT2D eigenvalue weighted by Crippen LogP contribution is 2.31. The molecule has 0 fully saturated rings. The monoisotopic (exact) mass is 265 g/mol. The maximum absolute atomic E-state index is 6.15. The minimum Gasteiger partial charge on any atom is -0.477 e. The zero-order valence-electron chi connectivity index (χ0n) is 10.7. The van der Waals surface area contributed by atoms with Gasteiger partial charge in [-0.2, -0.15) is 0 Å². The van der Waals surface area contributed by atoms with Crippen molar-refractivity contribution in [3.8, 4) is 5.88 Å². The lowest BCUT2D eigenvalue weighted by Gasteiger charge is -2.21. The Labute approximate surface area is 111 Å². The number of nitrogens with two attached hydrogens (primary N) is 1. The predicted molar refractivity (Wildman–Crippen MR) is 72.9 cm³/mol. The van der Waals surface area contributed by atoms with Crippen LogP contribution >= 0.6 is 11.6 Å². The number of pyridine rings is 2. The summed E-state index contributed by atoms with van der Waals surface area (Å²) in [7, 11) is 0. The standard InChI is InChI=1S/C13H16ClN3O/c1-4-18-12-9-6-16-11(14)5-8(9)10(7-17-12)13(2,3)15/h5-7H,4,15H2,1-3H3. The molecule has 2 N–H and O–H groups in total. The highest BCUT2D eigenvalue weighted by atomic mass is 35.5. The van der Waals surface area contributed by atoms with Gasteiger partial charge in [0, 0.05) is 17.9 Å². The van der Waals surface area contributed by atoms with Gasteiger partial charge in [0.25, 0.3) is 0 Å². The van der Waals surface area contributed by atoms with Gasteiger partial charge < -0.3 is 10.5 Å². The summed E-state index contributed by atoms with van der Waals surface area (Å²) in [5.41, 5.74) is 6.57. The smallest absolute Gasteiger partial charge is 0.222 e. The fourth-order valence-corrected chi connectivity index (χ4v) is 2.01. The van der Waals surface area contributed by atoms with E-state index in [4.69, 9.17) is 22.1 Å². The molecule has 0 spiro atoms. The highest BCUT2D eigenvalue weighted by molar-refractivity contribution is 6.30. The summed E-state index contributed by atoms with van der Waals surface area (Å²) in [4.78, 5) is 8.39. The molecule has 18 heavy (non-hydrogen) atoms. The van der Waals surface area contributed by atoms with Crippen molar-refractivity contribution in [3.63, 3.8) is 0 Å². The minimum absolute atomic E-state index is 0.432. The van der Waals surface area contributed by atoms with Gasteiger partial charge in [-0.15, -0.1) is 0 Å². The molecule has 0 amide bonds. The number of ether oxygens (including phenoxy) is 1. The average molecular weight is 266 g/mol. The summed E-state index contributed by atoms with van der Waals surface area (Å²) in [5.74, 6) is 0.560.